The third-order valence-corrected chi connectivity index (χ3v) is 1.85. The average molecular weight is 172 g/mol. The molecule has 13 heavy (non-hydrogen) atoms. The van der Waals surface area contributed by atoms with Gasteiger partial charge in [0.1, 0.15) is 5.58 Å². The smallest absolute Gasteiger partial charge is 0.220 e. The van der Waals surface area contributed by atoms with Gasteiger partial charge < -0.3 is 4.42 Å². The first kappa shape index (κ1) is 7.80. The molecule has 0 amide bonds. The number of benzene rings is 1. The van der Waals surface area contributed by atoms with Crippen LogP contribution in [0.4, 0.5) is 0 Å². The zero-order valence-electron chi connectivity index (χ0n) is 6.99. The van der Waals surface area contributed by atoms with Gasteiger partial charge in [-0.25, -0.2) is 0 Å². The van der Waals surface area contributed by atoms with Crippen LogP contribution in [-0.4, -0.2) is 5.78 Å². The molecule has 0 saturated carbocycles. The summed E-state index contributed by atoms with van der Waals surface area (Å²) in [6, 6.07) is 9.22. The quantitative estimate of drug-likeness (QED) is 0.515. The van der Waals surface area contributed by atoms with Crippen molar-refractivity contribution in [2.75, 3.05) is 0 Å². The number of allylic oxidation sites excluding steroid dienone is 1. The molecule has 0 atom stereocenters. The van der Waals surface area contributed by atoms with E-state index in [1.54, 1.807) is 6.07 Å². The summed E-state index contributed by atoms with van der Waals surface area (Å²) in [6.45, 7) is 3.40. The summed E-state index contributed by atoms with van der Waals surface area (Å²) in [5.41, 5.74) is 0.729. The van der Waals surface area contributed by atoms with Crippen molar-refractivity contribution in [1.29, 1.82) is 0 Å². The van der Waals surface area contributed by atoms with Crippen LogP contribution in [0.3, 0.4) is 0 Å². The molecule has 0 aliphatic rings. The first-order chi connectivity index (χ1) is 6.31. The number of rotatable bonds is 2. The molecule has 0 spiro atoms. The van der Waals surface area contributed by atoms with Crippen LogP contribution >= 0.6 is 0 Å². The Morgan fingerprint density at radius 3 is 2.85 bits per heavy atom. The van der Waals surface area contributed by atoms with Crippen molar-refractivity contribution in [2.45, 2.75) is 0 Å². The number of ketones is 1. The molecule has 2 nitrogen and oxygen atoms in total. The highest BCUT2D eigenvalue weighted by molar-refractivity contribution is 6.04. The van der Waals surface area contributed by atoms with E-state index in [0.29, 0.717) is 5.76 Å². The lowest BCUT2D eigenvalue weighted by Gasteiger charge is -1.84. The molecule has 0 unspecified atom stereocenters. The maximum absolute atomic E-state index is 11.2. The number of carbonyl (C=O) groups is 1. The van der Waals surface area contributed by atoms with E-state index in [9.17, 15) is 4.79 Å². The number of para-hydroxylation sites is 1. The lowest BCUT2D eigenvalue weighted by molar-refractivity contribution is 0.102. The van der Waals surface area contributed by atoms with Crippen LogP contribution in [0.1, 0.15) is 10.6 Å². The van der Waals surface area contributed by atoms with Crippen LogP contribution in [0.2, 0.25) is 0 Å². The Hall–Kier alpha value is -1.83. The number of carbonyl (C=O) groups excluding carboxylic acids is 1. The number of hydrogen-bond acceptors (Lipinski definition) is 2. The van der Waals surface area contributed by atoms with Crippen molar-refractivity contribution in [3.05, 3.63) is 48.7 Å². The van der Waals surface area contributed by atoms with Crippen molar-refractivity contribution < 1.29 is 9.21 Å². The predicted octanol–water partition coefficient (Wildman–Crippen LogP) is 2.80. The van der Waals surface area contributed by atoms with Gasteiger partial charge in [-0.1, -0.05) is 24.8 Å². The Kier molecular flexibility index (Phi) is 1.74. The molecule has 0 fully saturated rings. The zero-order chi connectivity index (χ0) is 9.26. The fourth-order valence-corrected chi connectivity index (χ4v) is 1.20. The largest absolute Gasteiger partial charge is 0.453 e. The maximum atomic E-state index is 11.2. The van der Waals surface area contributed by atoms with Gasteiger partial charge in [0.15, 0.2) is 5.76 Å². The van der Waals surface area contributed by atoms with Crippen LogP contribution in [0.5, 0.6) is 0 Å². The monoisotopic (exact) mass is 172 g/mol. The number of fused-ring (bicyclic) bond motifs is 1. The maximum Gasteiger partial charge on any atom is 0.220 e. The third-order valence-electron chi connectivity index (χ3n) is 1.85. The van der Waals surface area contributed by atoms with Crippen molar-refractivity contribution in [3.63, 3.8) is 0 Å². The van der Waals surface area contributed by atoms with Crippen molar-refractivity contribution in [1.82, 2.24) is 0 Å². The molecular formula is C11H8O2. The van der Waals surface area contributed by atoms with Crippen LogP contribution in [0.15, 0.2) is 47.4 Å². The zero-order valence-corrected chi connectivity index (χ0v) is 6.99. The van der Waals surface area contributed by atoms with E-state index in [1.807, 2.05) is 24.3 Å². The van der Waals surface area contributed by atoms with Gasteiger partial charge in [0, 0.05) is 5.39 Å². The van der Waals surface area contributed by atoms with E-state index < -0.39 is 0 Å². The Morgan fingerprint density at radius 1 is 1.38 bits per heavy atom. The molecule has 1 aromatic heterocycles. The van der Waals surface area contributed by atoms with E-state index in [1.165, 1.54) is 6.08 Å². The molecule has 0 radical (unpaired) electrons. The molecule has 0 aliphatic heterocycles. The summed E-state index contributed by atoms with van der Waals surface area (Å²) < 4.78 is 5.30. The first-order valence-corrected chi connectivity index (χ1v) is 3.96. The van der Waals surface area contributed by atoms with E-state index in [2.05, 4.69) is 6.58 Å². The lowest BCUT2D eigenvalue weighted by atomic mass is 10.2. The van der Waals surface area contributed by atoms with E-state index >= 15 is 0 Å². The number of furan rings is 1. The van der Waals surface area contributed by atoms with E-state index in [4.69, 9.17) is 4.42 Å². The SMILES string of the molecule is C=CC(=O)c1cc2ccccc2o1. The Labute approximate surface area is 75.5 Å². The summed E-state index contributed by atoms with van der Waals surface area (Å²) >= 11 is 0. The van der Waals surface area contributed by atoms with Gasteiger partial charge in [-0.15, -0.1) is 0 Å². The van der Waals surface area contributed by atoms with Crippen LogP contribution < -0.4 is 0 Å². The summed E-state index contributed by atoms with van der Waals surface area (Å²) in [6.07, 6.45) is 1.25. The van der Waals surface area contributed by atoms with Gasteiger partial charge >= 0.3 is 0 Å². The molecule has 2 rings (SSSR count). The van der Waals surface area contributed by atoms with Crippen LogP contribution in [0.25, 0.3) is 11.0 Å². The molecule has 0 saturated heterocycles. The molecular weight excluding hydrogens is 164 g/mol. The minimum absolute atomic E-state index is 0.184. The van der Waals surface area contributed by atoms with Crippen molar-refractivity contribution in [3.8, 4) is 0 Å². The third kappa shape index (κ3) is 1.26. The molecule has 0 N–H and O–H groups in total. The molecule has 1 aromatic carbocycles. The molecule has 1 heterocycles. The molecule has 0 aliphatic carbocycles. The fourth-order valence-electron chi connectivity index (χ4n) is 1.20. The molecule has 2 aromatic rings. The average Bonchev–Trinajstić information content (AvgIpc) is 2.59. The Morgan fingerprint density at radius 2 is 2.15 bits per heavy atom. The standard InChI is InChI=1S/C11H8O2/c1-2-9(12)11-7-8-5-3-4-6-10(8)13-11/h2-7H,1H2. The second-order valence-corrected chi connectivity index (χ2v) is 2.72. The Balaban J connectivity index is 2.62. The highest BCUT2D eigenvalue weighted by atomic mass is 16.3. The van der Waals surface area contributed by atoms with Gasteiger partial charge in [-0.3, -0.25) is 4.79 Å². The highest BCUT2D eigenvalue weighted by Gasteiger charge is 2.07. The minimum Gasteiger partial charge on any atom is -0.453 e. The molecule has 0 bridgehead atoms. The van der Waals surface area contributed by atoms with Gasteiger partial charge in [0.2, 0.25) is 5.78 Å². The second kappa shape index (κ2) is 2.90. The topological polar surface area (TPSA) is 30.2 Å². The fraction of sp³-hybridized carbons (Fsp3) is 0. The summed E-state index contributed by atoms with van der Waals surface area (Å²) in [5, 5.41) is 0.938. The normalized spacial score (nSPS) is 10.2. The molecule has 2 heteroatoms. The highest BCUT2D eigenvalue weighted by Crippen LogP contribution is 2.18. The van der Waals surface area contributed by atoms with Gasteiger partial charge in [0.25, 0.3) is 0 Å². The van der Waals surface area contributed by atoms with E-state index in [-0.39, 0.29) is 5.78 Å². The predicted molar refractivity (Wildman–Crippen MR) is 50.7 cm³/mol. The minimum atomic E-state index is -0.184. The van der Waals surface area contributed by atoms with E-state index in [0.717, 1.165) is 11.0 Å². The van der Waals surface area contributed by atoms with Crippen LogP contribution in [0, 0.1) is 0 Å². The van der Waals surface area contributed by atoms with Crippen molar-refractivity contribution in [2.24, 2.45) is 0 Å². The Bertz CT molecular complexity index is 433. The van der Waals surface area contributed by atoms with Gasteiger partial charge in [-0.2, -0.15) is 0 Å². The van der Waals surface area contributed by atoms with Gasteiger partial charge in [-0.05, 0) is 18.2 Å². The van der Waals surface area contributed by atoms with Crippen molar-refractivity contribution >= 4 is 16.8 Å². The second-order valence-electron chi connectivity index (χ2n) is 2.72. The van der Waals surface area contributed by atoms with Crippen LogP contribution in [-0.2, 0) is 0 Å². The lowest BCUT2D eigenvalue weighted by Crippen LogP contribution is -1.88. The molecule has 64 valence electrons. The summed E-state index contributed by atoms with van der Waals surface area (Å²) in [4.78, 5) is 11.2. The summed E-state index contributed by atoms with van der Waals surface area (Å²) in [7, 11) is 0. The van der Waals surface area contributed by atoms with Gasteiger partial charge in [0.05, 0.1) is 0 Å². The summed E-state index contributed by atoms with van der Waals surface area (Å²) in [5.74, 6) is 0.160. The first-order valence-electron chi connectivity index (χ1n) is 3.96. The number of hydrogen-bond donors (Lipinski definition) is 0.